The van der Waals surface area contributed by atoms with Crippen LogP contribution in [-0.2, 0) is 14.4 Å². The van der Waals surface area contributed by atoms with E-state index in [1.165, 1.54) is 9.80 Å². The van der Waals surface area contributed by atoms with Crippen molar-refractivity contribution in [1.29, 1.82) is 0 Å². The second-order valence-corrected chi connectivity index (χ2v) is 8.70. The van der Waals surface area contributed by atoms with Gasteiger partial charge in [-0.3, -0.25) is 19.2 Å². The molecule has 0 unspecified atom stereocenters. The molecule has 1 atom stereocenters. The molecule has 0 aliphatic carbocycles. The van der Waals surface area contributed by atoms with Crippen molar-refractivity contribution in [1.82, 2.24) is 9.80 Å². The van der Waals surface area contributed by atoms with E-state index in [2.05, 4.69) is 5.32 Å². The van der Waals surface area contributed by atoms with E-state index in [1.54, 1.807) is 19.2 Å². The lowest BCUT2D eigenvalue weighted by Crippen LogP contribution is -2.59. The largest absolute Gasteiger partial charge is 0.497 e. The number of piperazine rings is 1. The number of carbonyl (C=O) groups excluding carboxylic acids is 3. The minimum Gasteiger partial charge on any atom is -0.497 e. The van der Waals surface area contributed by atoms with E-state index >= 15 is 0 Å². The zero-order valence-electron chi connectivity index (χ0n) is 17.9. The summed E-state index contributed by atoms with van der Waals surface area (Å²) in [5.74, 6) is -1.28. The van der Waals surface area contributed by atoms with Gasteiger partial charge in [0, 0.05) is 13.1 Å². The Morgan fingerprint density at radius 1 is 1.09 bits per heavy atom. The molecular formula is C23H23N3O6S. The minimum absolute atomic E-state index is 0.0139. The number of nitrogens with one attached hydrogen (secondary N) is 1. The Morgan fingerprint density at radius 2 is 1.82 bits per heavy atom. The van der Waals surface area contributed by atoms with Gasteiger partial charge in [0.05, 0.1) is 36.4 Å². The number of amides is 3. The molecule has 2 heterocycles. The van der Waals surface area contributed by atoms with Gasteiger partial charge < -0.3 is 25.0 Å². The number of carboxylic acid groups (broad SMARTS) is 1. The van der Waals surface area contributed by atoms with Crippen LogP contribution in [0.5, 0.6) is 5.75 Å². The second-order valence-electron chi connectivity index (χ2n) is 7.72. The average molecular weight is 470 g/mol. The van der Waals surface area contributed by atoms with E-state index in [0.29, 0.717) is 11.3 Å². The summed E-state index contributed by atoms with van der Waals surface area (Å²) in [7, 11) is 1.59. The van der Waals surface area contributed by atoms with Crippen molar-refractivity contribution in [2.75, 3.05) is 43.6 Å². The van der Waals surface area contributed by atoms with Gasteiger partial charge in [0.2, 0.25) is 11.8 Å². The number of aliphatic carboxylic acids is 1. The average Bonchev–Trinajstić information content (AvgIpc) is 2.92. The molecule has 2 N–H and O–H groups in total. The number of benzene rings is 2. The van der Waals surface area contributed by atoms with Gasteiger partial charge in [-0.1, -0.05) is 18.2 Å². The van der Waals surface area contributed by atoms with Crippen LogP contribution in [0.4, 0.5) is 5.69 Å². The number of thioether (sulfide) groups is 1. The Kier molecular flexibility index (Phi) is 6.55. The Bertz CT molecular complexity index is 1100. The topological polar surface area (TPSA) is 116 Å². The molecule has 0 bridgehead atoms. The van der Waals surface area contributed by atoms with E-state index in [-0.39, 0.29) is 48.9 Å². The Hall–Kier alpha value is -3.53. The molecule has 1 fully saturated rings. The Labute approximate surface area is 194 Å². The van der Waals surface area contributed by atoms with Crippen LogP contribution in [0, 0.1) is 0 Å². The molecule has 0 aromatic heterocycles. The lowest BCUT2D eigenvalue weighted by molar-refractivity contribution is -0.134. The molecule has 2 aromatic carbocycles. The standard InChI is InChI=1S/C23H23N3O6S/c1-32-16-5-2-14(3-6-16)15-4-7-18-17(10-15)23(31)26-9-8-25(11-19(26)22(30)24-18)20(27)12-33-13-21(28)29/h2-7,10,19H,8-9,11-13H2,1H3,(H,24,30)(H,28,29)/t19-/m0/s1. The summed E-state index contributed by atoms with van der Waals surface area (Å²) >= 11 is 1.01. The van der Waals surface area contributed by atoms with Crippen molar-refractivity contribution in [3.05, 3.63) is 48.0 Å². The van der Waals surface area contributed by atoms with Crippen molar-refractivity contribution in [2.45, 2.75) is 6.04 Å². The molecular weight excluding hydrogens is 446 g/mol. The minimum atomic E-state index is -0.988. The highest BCUT2D eigenvalue weighted by Gasteiger charge is 2.40. The predicted molar refractivity (Wildman–Crippen MR) is 123 cm³/mol. The lowest BCUT2D eigenvalue weighted by atomic mass is 10.0. The SMILES string of the molecule is COc1ccc(-c2ccc3c(c2)C(=O)N2CCN(C(=O)CSCC(=O)O)C[C@H]2C(=O)N3)cc1. The third-order valence-corrected chi connectivity index (χ3v) is 6.58. The Morgan fingerprint density at radius 3 is 2.52 bits per heavy atom. The summed E-state index contributed by atoms with van der Waals surface area (Å²) in [6.45, 7) is 0.581. The van der Waals surface area contributed by atoms with Crippen LogP contribution < -0.4 is 10.1 Å². The summed E-state index contributed by atoms with van der Waals surface area (Å²) in [6.07, 6.45) is 0. The molecule has 0 spiro atoms. The third kappa shape index (κ3) is 4.80. The third-order valence-electron chi connectivity index (χ3n) is 5.68. The molecule has 33 heavy (non-hydrogen) atoms. The van der Waals surface area contributed by atoms with Crippen LogP contribution in [0.1, 0.15) is 10.4 Å². The van der Waals surface area contributed by atoms with Gasteiger partial charge in [0.15, 0.2) is 0 Å². The highest BCUT2D eigenvalue weighted by molar-refractivity contribution is 8.00. The molecule has 2 aliphatic rings. The maximum Gasteiger partial charge on any atom is 0.313 e. The first-order valence-electron chi connectivity index (χ1n) is 10.3. The van der Waals surface area contributed by atoms with Crippen LogP contribution in [0.25, 0.3) is 11.1 Å². The van der Waals surface area contributed by atoms with Gasteiger partial charge in [-0.15, -0.1) is 11.8 Å². The van der Waals surface area contributed by atoms with E-state index in [9.17, 15) is 19.2 Å². The van der Waals surface area contributed by atoms with Crippen LogP contribution >= 0.6 is 11.8 Å². The van der Waals surface area contributed by atoms with Crippen molar-refractivity contribution in [3.63, 3.8) is 0 Å². The monoisotopic (exact) mass is 469 g/mol. The second kappa shape index (κ2) is 9.53. The molecule has 0 radical (unpaired) electrons. The molecule has 10 heteroatoms. The summed E-state index contributed by atoms with van der Waals surface area (Å²) < 4.78 is 5.19. The zero-order chi connectivity index (χ0) is 23.5. The van der Waals surface area contributed by atoms with Crippen molar-refractivity contribution in [3.8, 4) is 16.9 Å². The predicted octanol–water partition coefficient (Wildman–Crippen LogP) is 1.79. The first-order valence-corrected chi connectivity index (χ1v) is 11.5. The molecule has 2 aromatic rings. The Balaban J connectivity index is 1.53. The fraction of sp³-hybridized carbons (Fsp3) is 0.304. The van der Waals surface area contributed by atoms with E-state index in [1.807, 2.05) is 30.3 Å². The van der Waals surface area contributed by atoms with Crippen molar-refractivity contribution in [2.24, 2.45) is 0 Å². The zero-order valence-corrected chi connectivity index (χ0v) is 18.8. The molecule has 4 rings (SSSR count). The van der Waals surface area contributed by atoms with Gasteiger partial charge in [-0.25, -0.2) is 0 Å². The molecule has 3 amide bonds. The van der Waals surface area contributed by atoms with Crippen LogP contribution in [0.2, 0.25) is 0 Å². The number of carbonyl (C=O) groups is 4. The number of fused-ring (bicyclic) bond motifs is 2. The maximum atomic E-state index is 13.4. The first-order chi connectivity index (χ1) is 15.9. The lowest BCUT2D eigenvalue weighted by Gasteiger charge is -2.39. The van der Waals surface area contributed by atoms with Crippen LogP contribution in [-0.4, -0.2) is 82.9 Å². The fourth-order valence-electron chi connectivity index (χ4n) is 3.96. The molecule has 0 saturated carbocycles. The number of ether oxygens (including phenoxy) is 1. The maximum absolute atomic E-state index is 13.4. The van der Waals surface area contributed by atoms with Gasteiger partial charge in [0.1, 0.15) is 11.8 Å². The number of carboxylic acids is 1. The summed E-state index contributed by atoms with van der Waals surface area (Å²) in [5.41, 5.74) is 2.58. The van der Waals surface area contributed by atoms with Crippen LogP contribution in [0.3, 0.4) is 0 Å². The molecule has 9 nitrogen and oxygen atoms in total. The number of hydrogen-bond acceptors (Lipinski definition) is 6. The summed E-state index contributed by atoms with van der Waals surface area (Å²) in [4.78, 5) is 52.4. The normalized spacial score (nSPS) is 17.5. The summed E-state index contributed by atoms with van der Waals surface area (Å²) in [5, 5.41) is 11.6. The van der Waals surface area contributed by atoms with Crippen molar-refractivity contribution < 1.29 is 29.0 Å². The van der Waals surface area contributed by atoms with Crippen molar-refractivity contribution >= 4 is 41.1 Å². The number of hydrogen-bond donors (Lipinski definition) is 2. The number of rotatable bonds is 6. The van der Waals surface area contributed by atoms with Gasteiger partial charge in [0.25, 0.3) is 5.91 Å². The van der Waals surface area contributed by atoms with Crippen LogP contribution in [0.15, 0.2) is 42.5 Å². The fourth-order valence-corrected chi connectivity index (χ4v) is 4.59. The number of anilines is 1. The highest BCUT2D eigenvalue weighted by atomic mass is 32.2. The van der Waals surface area contributed by atoms with Gasteiger partial charge >= 0.3 is 5.97 Å². The molecule has 172 valence electrons. The first kappa shape index (κ1) is 22.7. The highest BCUT2D eigenvalue weighted by Crippen LogP contribution is 2.31. The van der Waals surface area contributed by atoms with Gasteiger partial charge in [-0.2, -0.15) is 0 Å². The quantitative estimate of drug-likeness (QED) is 0.663. The molecule has 1 saturated heterocycles. The van der Waals surface area contributed by atoms with E-state index in [0.717, 1.165) is 28.6 Å². The smallest absolute Gasteiger partial charge is 0.313 e. The molecule has 2 aliphatic heterocycles. The summed E-state index contributed by atoms with van der Waals surface area (Å²) in [6, 6.07) is 12.0. The van der Waals surface area contributed by atoms with Gasteiger partial charge in [-0.05, 0) is 35.4 Å². The number of nitrogens with zero attached hydrogens (tertiary/aromatic N) is 2. The number of methoxy groups -OCH3 is 1. The van der Waals surface area contributed by atoms with E-state index in [4.69, 9.17) is 9.84 Å². The van der Waals surface area contributed by atoms with E-state index < -0.39 is 12.0 Å².